The summed E-state index contributed by atoms with van der Waals surface area (Å²) in [6.45, 7) is 6.08. The van der Waals surface area contributed by atoms with Gasteiger partial charge in [0.25, 0.3) is 0 Å². The number of carbonyl (C=O) groups excluding carboxylic acids is 1. The Labute approximate surface area is 96.6 Å². The third kappa shape index (κ3) is 1.44. The van der Waals surface area contributed by atoms with Gasteiger partial charge in [-0.25, -0.2) is 0 Å². The third-order valence-electron chi connectivity index (χ3n) is 3.80. The molecule has 1 aromatic rings. The SMILES string of the molecule is COc1ccc(C2C(C)C(=O)C2(C)C)cc1. The normalized spacial score (nSPS) is 27.4. The number of Topliss-reactive ketones (excluding diaryl/α,β-unsaturated/α-hetero) is 1. The number of hydrogen-bond donors (Lipinski definition) is 0. The molecule has 16 heavy (non-hydrogen) atoms. The molecule has 0 bridgehead atoms. The molecule has 2 unspecified atom stereocenters. The predicted octanol–water partition coefficient (Wildman–Crippen LogP) is 3.02. The summed E-state index contributed by atoms with van der Waals surface area (Å²) in [6.07, 6.45) is 0. The van der Waals surface area contributed by atoms with E-state index in [4.69, 9.17) is 4.74 Å². The van der Waals surface area contributed by atoms with Crippen LogP contribution in [-0.4, -0.2) is 12.9 Å². The van der Waals surface area contributed by atoms with Gasteiger partial charge in [0.1, 0.15) is 11.5 Å². The predicted molar refractivity (Wildman–Crippen MR) is 63.7 cm³/mol. The van der Waals surface area contributed by atoms with Crippen LogP contribution in [0.4, 0.5) is 0 Å². The first-order valence-corrected chi connectivity index (χ1v) is 5.66. The minimum Gasteiger partial charge on any atom is -0.497 e. The largest absolute Gasteiger partial charge is 0.497 e. The van der Waals surface area contributed by atoms with E-state index in [1.807, 2.05) is 32.9 Å². The van der Waals surface area contributed by atoms with Crippen molar-refractivity contribution in [2.75, 3.05) is 7.11 Å². The maximum atomic E-state index is 11.8. The molecule has 1 aliphatic rings. The minimum atomic E-state index is -0.214. The first-order chi connectivity index (χ1) is 7.48. The van der Waals surface area contributed by atoms with E-state index >= 15 is 0 Å². The Bertz CT molecular complexity index is 403. The second-order valence-corrected chi connectivity index (χ2v) is 5.13. The molecule has 0 aliphatic heterocycles. The lowest BCUT2D eigenvalue weighted by atomic mass is 9.53. The maximum Gasteiger partial charge on any atom is 0.142 e. The van der Waals surface area contributed by atoms with Crippen LogP contribution in [0.1, 0.15) is 32.3 Å². The highest BCUT2D eigenvalue weighted by molar-refractivity contribution is 5.94. The summed E-state index contributed by atoms with van der Waals surface area (Å²) in [7, 11) is 1.66. The maximum absolute atomic E-state index is 11.8. The van der Waals surface area contributed by atoms with Crippen molar-refractivity contribution in [3.05, 3.63) is 29.8 Å². The second-order valence-electron chi connectivity index (χ2n) is 5.13. The van der Waals surface area contributed by atoms with Gasteiger partial charge in [0.2, 0.25) is 0 Å². The molecule has 0 amide bonds. The van der Waals surface area contributed by atoms with Gasteiger partial charge in [-0.15, -0.1) is 0 Å². The number of carbonyl (C=O) groups is 1. The molecule has 1 fully saturated rings. The van der Waals surface area contributed by atoms with E-state index in [0.29, 0.717) is 11.7 Å². The van der Waals surface area contributed by atoms with E-state index in [2.05, 4.69) is 12.1 Å². The van der Waals surface area contributed by atoms with Gasteiger partial charge in [0.05, 0.1) is 7.11 Å². The summed E-state index contributed by atoms with van der Waals surface area (Å²) < 4.78 is 5.13. The fourth-order valence-corrected chi connectivity index (χ4v) is 2.94. The molecule has 2 rings (SSSR count). The quantitative estimate of drug-likeness (QED) is 0.762. The van der Waals surface area contributed by atoms with Gasteiger partial charge in [-0.2, -0.15) is 0 Å². The molecular weight excluding hydrogens is 200 g/mol. The first kappa shape index (κ1) is 11.2. The molecule has 86 valence electrons. The van der Waals surface area contributed by atoms with Crippen LogP contribution < -0.4 is 4.74 Å². The van der Waals surface area contributed by atoms with E-state index in [9.17, 15) is 4.79 Å². The molecule has 1 aromatic carbocycles. The summed E-state index contributed by atoms with van der Waals surface area (Å²) in [5.74, 6) is 1.71. The van der Waals surface area contributed by atoms with Crippen LogP contribution in [0.25, 0.3) is 0 Å². The fraction of sp³-hybridized carbons (Fsp3) is 0.500. The Hall–Kier alpha value is -1.31. The van der Waals surface area contributed by atoms with Crippen molar-refractivity contribution >= 4 is 5.78 Å². The van der Waals surface area contributed by atoms with E-state index < -0.39 is 0 Å². The molecule has 2 nitrogen and oxygen atoms in total. The Morgan fingerprint density at radius 3 is 2.19 bits per heavy atom. The monoisotopic (exact) mass is 218 g/mol. The Morgan fingerprint density at radius 2 is 1.75 bits per heavy atom. The van der Waals surface area contributed by atoms with Crippen molar-refractivity contribution in [2.24, 2.45) is 11.3 Å². The highest BCUT2D eigenvalue weighted by Gasteiger charge is 2.53. The van der Waals surface area contributed by atoms with Crippen molar-refractivity contribution in [3.63, 3.8) is 0 Å². The van der Waals surface area contributed by atoms with Gasteiger partial charge in [0, 0.05) is 17.3 Å². The van der Waals surface area contributed by atoms with E-state index in [1.54, 1.807) is 7.11 Å². The fourth-order valence-electron chi connectivity index (χ4n) is 2.94. The average molecular weight is 218 g/mol. The molecular formula is C14H18O2. The van der Waals surface area contributed by atoms with Gasteiger partial charge in [0.15, 0.2) is 0 Å². The van der Waals surface area contributed by atoms with E-state index in [0.717, 1.165) is 5.75 Å². The molecule has 1 saturated carbocycles. The zero-order valence-corrected chi connectivity index (χ0v) is 10.3. The Balaban J connectivity index is 2.28. The molecule has 0 aromatic heterocycles. The lowest BCUT2D eigenvalue weighted by Crippen LogP contribution is -2.51. The van der Waals surface area contributed by atoms with Crippen LogP contribution in [0, 0.1) is 11.3 Å². The second kappa shape index (κ2) is 3.62. The molecule has 2 atom stereocenters. The van der Waals surface area contributed by atoms with Crippen molar-refractivity contribution in [1.29, 1.82) is 0 Å². The van der Waals surface area contributed by atoms with Gasteiger partial charge in [-0.3, -0.25) is 4.79 Å². The van der Waals surface area contributed by atoms with Gasteiger partial charge >= 0.3 is 0 Å². The van der Waals surface area contributed by atoms with Crippen LogP contribution in [-0.2, 0) is 4.79 Å². The van der Waals surface area contributed by atoms with Crippen LogP contribution in [0.3, 0.4) is 0 Å². The lowest BCUT2D eigenvalue weighted by molar-refractivity contribution is -0.145. The van der Waals surface area contributed by atoms with Crippen LogP contribution in [0.5, 0.6) is 5.75 Å². The third-order valence-corrected chi connectivity index (χ3v) is 3.80. The van der Waals surface area contributed by atoms with Crippen molar-refractivity contribution in [3.8, 4) is 5.75 Å². The van der Waals surface area contributed by atoms with Crippen molar-refractivity contribution in [1.82, 2.24) is 0 Å². The highest BCUT2D eigenvalue weighted by Crippen LogP contribution is 2.53. The average Bonchev–Trinajstić information content (AvgIpc) is 2.29. The molecule has 2 heteroatoms. The number of methoxy groups -OCH3 is 1. The van der Waals surface area contributed by atoms with Crippen molar-refractivity contribution < 1.29 is 9.53 Å². The summed E-state index contributed by atoms with van der Waals surface area (Å²) >= 11 is 0. The zero-order valence-electron chi connectivity index (χ0n) is 10.3. The summed E-state index contributed by atoms with van der Waals surface area (Å²) in [5, 5.41) is 0. The summed E-state index contributed by atoms with van der Waals surface area (Å²) in [5.41, 5.74) is 1.02. The highest BCUT2D eigenvalue weighted by atomic mass is 16.5. The lowest BCUT2D eigenvalue weighted by Gasteiger charge is -2.48. The Morgan fingerprint density at radius 1 is 1.19 bits per heavy atom. The standard InChI is InChI=1S/C14H18O2/c1-9-12(14(2,3)13(9)15)10-5-7-11(16-4)8-6-10/h5-9,12H,1-4H3. The van der Waals surface area contributed by atoms with Crippen molar-refractivity contribution in [2.45, 2.75) is 26.7 Å². The smallest absolute Gasteiger partial charge is 0.142 e. The van der Waals surface area contributed by atoms with Crippen LogP contribution >= 0.6 is 0 Å². The van der Waals surface area contributed by atoms with E-state index in [1.165, 1.54) is 5.56 Å². The molecule has 0 heterocycles. The van der Waals surface area contributed by atoms with Gasteiger partial charge in [-0.05, 0) is 17.7 Å². The van der Waals surface area contributed by atoms with Crippen LogP contribution in [0.2, 0.25) is 0 Å². The van der Waals surface area contributed by atoms with E-state index in [-0.39, 0.29) is 11.3 Å². The van der Waals surface area contributed by atoms with Gasteiger partial charge < -0.3 is 4.74 Å². The molecule has 0 radical (unpaired) electrons. The number of ketones is 1. The topological polar surface area (TPSA) is 26.3 Å². The summed E-state index contributed by atoms with van der Waals surface area (Å²) in [4.78, 5) is 11.8. The Kier molecular flexibility index (Phi) is 2.53. The first-order valence-electron chi connectivity index (χ1n) is 5.66. The number of rotatable bonds is 2. The number of ether oxygens (including phenoxy) is 1. The zero-order chi connectivity index (χ0) is 11.9. The van der Waals surface area contributed by atoms with Gasteiger partial charge in [-0.1, -0.05) is 32.9 Å². The molecule has 0 spiro atoms. The number of benzene rings is 1. The summed E-state index contributed by atoms with van der Waals surface area (Å²) in [6, 6.07) is 8.05. The molecule has 0 N–H and O–H groups in total. The molecule has 1 aliphatic carbocycles. The minimum absolute atomic E-state index is 0.142. The number of hydrogen-bond acceptors (Lipinski definition) is 2. The van der Waals surface area contributed by atoms with Crippen LogP contribution in [0.15, 0.2) is 24.3 Å². The molecule has 0 saturated heterocycles.